The van der Waals surface area contributed by atoms with Gasteiger partial charge in [0.25, 0.3) is 5.91 Å². The smallest absolute Gasteiger partial charge is 0.260 e. The van der Waals surface area contributed by atoms with Crippen molar-refractivity contribution in [1.29, 1.82) is 0 Å². The summed E-state index contributed by atoms with van der Waals surface area (Å²) >= 11 is 1.54. The van der Waals surface area contributed by atoms with E-state index < -0.39 is 0 Å². The number of aryl methyl sites for hydroxylation is 2. The number of hydrogen-bond acceptors (Lipinski definition) is 5. The van der Waals surface area contributed by atoms with Crippen LogP contribution in [-0.4, -0.2) is 20.9 Å². The molecule has 0 fully saturated rings. The molecule has 0 saturated carbocycles. The summed E-state index contributed by atoms with van der Waals surface area (Å²) in [6, 6.07) is 9.68. The molecule has 0 spiro atoms. The van der Waals surface area contributed by atoms with Gasteiger partial charge in [0.2, 0.25) is 0 Å². The average Bonchev–Trinajstić information content (AvgIpc) is 3.04. The third-order valence-electron chi connectivity index (χ3n) is 3.75. The van der Waals surface area contributed by atoms with Gasteiger partial charge in [0.05, 0.1) is 11.3 Å². The topological polar surface area (TPSA) is 67.8 Å². The molecule has 0 radical (unpaired) electrons. The molecule has 0 aliphatic rings. The first kappa shape index (κ1) is 17.2. The van der Waals surface area contributed by atoms with Gasteiger partial charge in [0.1, 0.15) is 0 Å². The van der Waals surface area contributed by atoms with Gasteiger partial charge in [-0.15, -0.1) is 11.3 Å². The molecule has 1 amide bonds. The van der Waals surface area contributed by atoms with Crippen molar-refractivity contribution in [2.75, 3.05) is 5.32 Å². The molecule has 1 aromatic carbocycles. The molecule has 0 atom stereocenters. The van der Waals surface area contributed by atoms with Crippen LogP contribution in [0, 0.1) is 0 Å². The van der Waals surface area contributed by atoms with E-state index in [1.54, 1.807) is 12.4 Å². The number of hydrogen-bond donors (Lipinski definition) is 1. The van der Waals surface area contributed by atoms with Crippen LogP contribution in [0.2, 0.25) is 0 Å². The minimum Gasteiger partial charge on any atom is -0.298 e. The third kappa shape index (κ3) is 4.09. The van der Waals surface area contributed by atoms with Crippen LogP contribution in [0.1, 0.15) is 41.2 Å². The number of thiazole rings is 1. The van der Waals surface area contributed by atoms with Gasteiger partial charge >= 0.3 is 0 Å². The SMILES string of the molecule is CCCc1nc(NC(=O)c2cnc(-c3ccccc3)nc2)sc1CC. The number of nitrogens with one attached hydrogen (secondary N) is 1. The lowest BCUT2D eigenvalue weighted by molar-refractivity contribution is 0.102. The third-order valence-corrected chi connectivity index (χ3v) is 4.91. The zero-order valence-corrected chi connectivity index (χ0v) is 15.1. The van der Waals surface area contributed by atoms with Gasteiger partial charge in [-0.25, -0.2) is 15.0 Å². The molecule has 0 bridgehead atoms. The maximum Gasteiger partial charge on any atom is 0.260 e. The molecule has 5 nitrogen and oxygen atoms in total. The number of carbonyl (C=O) groups is 1. The Bertz CT molecular complexity index is 844. The fourth-order valence-electron chi connectivity index (χ4n) is 2.50. The van der Waals surface area contributed by atoms with E-state index in [2.05, 4.69) is 34.1 Å². The number of anilines is 1. The first-order valence-corrected chi connectivity index (χ1v) is 9.20. The van der Waals surface area contributed by atoms with E-state index in [4.69, 9.17) is 0 Å². The van der Waals surface area contributed by atoms with Crippen molar-refractivity contribution in [1.82, 2.24) is 15.0 Å². The summed E-state index contributed by atoms with van der Waals surface area (Å²) in [5.74, 6) is 0.365. The molecule has 3 rings (SSSR count). The van der Waals surface area contributed by atoms with Gasteiger partial charge in [-0.3, -0.25) is 10.1 Å². The number of aromatic nitrogens is 3. The number of nitrogens with zero attached hydrogens (tertiary/aromatic N) is 3. The lowest BCUT2D eigenvalue weighted by atomic mass is 10.2. The Morgan fingerprint density at radius 2 is 1.84 bits per heavy atom. The summed E-state index contributed by atoms with van der Waals surface area (Å²) in [6.45, 7) is 4.23. The van der Waals surface area contributed by atoms with Gasteiger partial charge in [0, 0.05) is 22.8 Å². The molecule has 0 saturated heterocycles. The van der Waals surface area contributed by atoms with Crippen molar-refractivity contribution in [2.24, 2.45) is 0 Å². The highest BCUT2D eigenvalue weighted by atomic mass is 32.1. The van der Waals surface area contributed by atoms with Crippen LogP contribution in [0.5, 0.6) is 0 Å². The van der Waals surface area contributed by atoms with Crippen LogP contribution < -0.4 is 5.32 Å². The lowest BCUT2D eigenvalue weighted by Crippen LogP contribution is -2.12. The summed E-state index contributed by atoms with van der Waals surface area (Å²) in [7, 11) is 0. The maximum atomic E-state index is 12.4. The lowest BCUT2D eigenvalue weighted by Gasteiger charge is -2.03. The Kier molecular flexibility index (Phi) is 5.50. The second kappa shape index (κ2) is 7.98. The Hall–Kier alpha value is -2.60. The van der Waals surface area contributed by atoms with Gasteiger partial charge in [-0.05, 0) is 12.8 Å². The molecule has 2 aromatic heterocycles. The van der Waals surface area contributed by atoms with Crippen molar-refractivity contribution >= 4 is 22.4 Å². The van der Waals surface area contributed by atoms with Crippen LogP contribution in [0.25, 0.3) is 11.4 Å². The van der Waals surface area contributed by atoms with E-state index in [9.17, 15) is 4.79 Å². The predicted octanol–water partition coefficient (Wildman–Crippen LogP) is 4.37. The number of carbonyl (C=O) groups excluding carboxylic acids is 1. The molecule has 0 unspecified atom stereocenters. The molecule has 2 heterocycles. The minimum atomic E-state index is -0.237. The Morgan fingerprint density at radius 1 is 1.12 bits per heavy atom. The van der Waals surface area contributed by atoms with Gasteiger partial charge in [-0.1, -0.05) is 50.6 Å². The van der Waals surface area contributed by atoms with E-state index >= 15 is 0 Å². The molecule has 3 aromatic rings. The van der Waals surface area contributed by atoms with E-state index in [-0.39, 0.29) is 5.91 Å². The first-order valence-electron chi connectivity index (χ1n) is 8.38. The van der Waals surface area contributed by atoms with Gasteiger partial charge in [0.15, 0.2) is 11.0 Å². The molecule has 25 heavy (non-hydrogen) atoms. The summed E-state index contributed by atoms with van der Waals surface area (Å²) in [5.41, 5.74) is 2.43. The van der Waals surface area contributed by atoms with Crippen LogP contribution in [0.3, 0.4) is 0 Å². The maximum absolute atomic E-state index is 12.4. The first-order chi connectivity index (χ1) is 12.2. The molecular weight excluding hydrogens is 332 g/mol. The number of rotatable bonds is 6. The Balaban J connectivity index is 1.73. The zero-order chi connectivity index (χ0) is 17.6. The van der Waals surface area contributed by atoms with Crippen LogP contribution in [-0.2, 0) is 12.8 Å². The summed E-state index contributed by atoms with van der Waals surface area (Å²) in [6.07, 6.45) is 6.00. The highest BCUT2D eigenvalue weighted by Gasteiger charge is 2.13. The van der Waals surface area contributed by atoms with Crippen LogP contribution in [0.15, 0.2) is 42.7 Å². The highest BCUT2D eigenvalue weighted by Crippen LogP contribution is 2.25. The van der Waals surface area contributed by atoms with E-state index in [0.29, 0.717) is 16.5 Å². The van der Waals surface area contributed by atoms with E-state index in [1.807, 2.05) is 30.3 Å². The van der Waals surface area contributed by atoms with Crippen molar-refractivity contribution in [2.45, 2.75) is 33.1 Å². The Morgan fingerprint density at radius 3 is 2.48 bits per heavy atom. The monoisotopic (exact) mass is 352 g/mol. The van der Waals surface area contributed by atoms with Crippen LogP contribution >= 0.6 is 11.3 Å². The van der Waals surface area contributed by atoms with Gasteiger partial charge < -0.3 is 0 Å². The fraction of sp³-hybridized carbons (Fsp3) is 0.263. The standard InChI is InChI=1S/C19H20N4OS/c1-3-8-15-16(4-2)25-19(22-15)23-18(24)14-11-20-17(21-12-14)13-9-6-5-7-10-13/h5-7,9-12H,3-4,8H2,1-2H3,(H,22,23,24). The number of benzene rings is 1. The Labute approximate surface area is 151 Å². The van der Waals surface area contributed by atoms with E-state index in [1.165, 1.54) is 16.2 Å². The summed E-state index contributed by atoms with van der Waals surface area (Å²) in [5, 5.41) is 3.50. The minimum absolute atomic E-state index is 0.237. The molecule has 6 heteroatoms. The average molecular weight is 352 g/mol. The normalized spacial score (nSPS) is 10.6. The quantitative estimate of drug-likeness (QED) is 0.715. The highest BCUT2D eigenvalue weighted by molar-refractivity contribution is 7.15. The molecule has 1 N–H and O–H groups in total. The molecular formula is C19H20N4OS. The number of amides is 1. The van der Waals surface area contributed by atoms with Crippen LogP contribution in [0.4, 0.5) is 5.13 Å². The largest absolute Gasteiger partial charge is 0.298 e. The summed E-state index contributed by atoms with van der Waals surface area (Å²) in [4.78, 5) is 26.8. The van der Waals surface area contributed by atoms with Crippen molar-refractivity contribution in [3.8, 4) is 11.4 Å². The molecule has 128 valence electrons. The second-order valence-corrected chi connectivity index (χ2v) is 6.69. The van der Waals surface area contributed by atoms with Crippen molar-refractivity contribution < 1.29 is 4.79 Å². The summed E-state index contributed by atoms with van der Waals surface area (Å²) < 4.78 is 0. The zero-order valence-electron chi connectivity index (χ0n) is 14.3. The van der Waals surface area contributed by atoms with Crippen molar-refractivity contribution in [3.63, 3.8) is 0 Å². The molecule has 0 aliphatic heterocycles. The molecule has 0 aliphatic carbocycles. The van der Waals surface area contributed by atoms with Crippen molar-refractivity contribution in [3.05, 3.63) is 58.9 Å². The second-order valence-electron chi connectivity index (χ2n) is 5.61. The predicted molar refractivity (Wildman–Crippen MR) is 101 cm³/mol. The van der Waals surface area contributed by atoms with Gasteiger partial charge in [-0.2, -0.15) is 0 Å². The van der Waals surface area contributed by atoms with E-state index in [0.717, 1.165) is 30.5 Å². The fourth-order valence-corrected chi connectivity index (χ4v) is 3.44.